The molecule has 0 aliphatic carbocycles. The van der Waals surface area contributed by atoms with Gasteiger partial charge in [-0.05, 0) is 25.8 Å². The molecule has 146 valence electrons. The van der Waals surface area contributed by atoms with Crippen molar-refractivity contribution in [1.82, 2.24) is 14.7 Å². The van der Waals surface area contributed by atoms with Crippen LogP contribution >= 0.6 is 0 Å². The fraction of sp³-hybridized carbons (Fsp3) is 0.526. The maximum absolute atomic E-state index is 12.7. The molecule has 1 atom stereocenters. The normalized spacial score (nSPS) is 17.1. The summed E-state index contributed by atoms with van der Waals surface area (Å²) in [6, 6.07) is 3.15. The number of carbonyl (C=O) groups excluding carboxylic acids is 1. The predicted molar refractivity (Wildman–Crippen MR) is 101 cm³/mol. The monoisotopic (exact) mass is 374 g/mol. The first kappa shape index (κ1) is 19.2. The number of methoxy groups -OCH3 is 1. The summed E-state index contributed by atoms with van der Waals surface area (Å²) in [6.45, 7) is 4.17. The van der Waals surface area contributed by atoms with Gasteiger partial charge in [0, 0.05) is 39.9 Å². The van der Waals surface area contributed by atoms with Crippen LogP contribution in [0.25, 0.3) is 0 Å². The van der Waals surface area contributed by atoms with Crippen molar-refractivity contribution >= 4 is 11.6 Å². The van der Waals surface area contributed by atoms with E-state index in [1.807, 2.05) is 11.9 Å². The van der Waals surface area contributed by atoms with Crippen molar-refractivity contribution < 1.29 is 13.9 Å². The smallest absolute Gasteiger partial charge is 0.269 e. The minimum Gasteiger partial charge on any atom is -0.469 e. The number of aromatic nitrogens is 2. The highest BCUT2D eigenvalue weighted by molar-refractivity contribution is 5.95. The summed E-state index contributed by atoms with van der Waals surface area (Å²) in [4.78, 5) is 29.0. The average molecular weight is 374 g/mol. The van der Waals surface area contributed by atoms with Crippen molar-refractivity contribution in [3.63, 3.8) is 0 Å². The van der Waals surface area contributed by atoms with Gasteiger partial charge in [-0.25, -0.2) is 4.68 Å². The van der Waals surface area contributed by atoms with Crippen LogP contribution in [0.5, 0.6) is 0 Å². The van der Waals surface area contributed by atoms with Crippen LogP contribution in [0.1, 0.15) is 35.0 Å². The molecular weight excluding hydrogens is 348 g/mol. The molecule has 1 unspecified atom stereocenters. The maximum atomic E-state index is 12.7. The number of furan rings is 1. The maximum Gasteiger partial charge on any atom is 0.269 e. The first-order chi connectivity index (χ1) is 13.0. The number of nitrogens with zero attached hydrogens (tertiary/aromatic N) is 4. The van der Waals surface area contributed by atoms with E-state index in [9.17, 15) is 9.59 Å². The number of rotatable bonds is 6. The van der Waals surface area contributed by atoms with Gasteiger partial charge >= 0.3 is 0 Å². The van der Waals surface area contributed by atoms with E-state index in [2.05, 4.69) is 5.10 Å². The van der Waals surface area contributed by atoms with E-state index >= 15 is 0 Å². The topological polar surface area (TPSA) is 80.8 Å². The number of aryl methyl sites for hydroxylation is 1. The third kappa shape index (κ3) is 4.21. The van der Waals surface area contributed by atoms with Gasteiger partial charge in [-0.15, -0.1) is 0 Å². The van der Waals surface area contributed by atoms with E-state index in [1.165, 1.54) is 10.9 Å². The molecule has 1 saturated heterocycles. The number of hydrogen-bond donors (Lipinski definition) is 0. The molecule has 0 saturated carbocycles. The largest absolute Gasteiger partial charge is 0.469 e. The predicted octanol–water partition coefficient (Wildman–Crippen LogP) is 1.70. The number of anilines is 1. The van der Waals surface area contributed by atoms with E-state index in [0.29, 0.717) is 37.6 Å². The minimum atomic E-state index is -0.157. The highest BCUT2D eigenvalue weighted by atomic mass is 16.5. The van der Waals surface area contributed by atoms with E-state index in [1.54, 1.807) is 37.3 Å². The third-order valence-corrected chi connectivity index (χ3v) is 5.00. The second-order valence-electron chi connectivity index (χ2n) is 6.85. The lowest BCUT2D eigenvalue weighted by molar-refractivity contribution is 0.0668. The van der Waals surface area contributed by atoms with Crippen molar-refractivity contribution in [1.29, 1.82) is 0 Å². The van der Waals surface area contributed by atoms with Crippen molar-refractivity contribution in [2.75, 3.05) is 45.3 Å². The molecule has 1 aliphatic heterocycles. The number of piperidine rings is 1. The number of likely N-dealkylation sites (tertiary alicyclic amines) is 1. The quantitative estimate of drug-likeness (QED) is 0.766. The molecule has 0 aromatic carbocycles. The van der Waals surface area contributed by atoms with Crippen LogP contribution in [0.15, 0.2) is 33.8 Å². The molecule has 2 aromatic heterocycles. The van der Waals surface area contributed by atoms with E-state index < -0.39 is 0 Å². The zero-order chi connectivity index (χ0) is 19.4. The molecule has 1 amide bonds. The summed E-state index contributed by atoms with van der Waals surface area (Å²) in [6.07, 6.45) is 4.86. The van der Waals surface area contributed by atoms with Crippen LogP contribution in [0.2, 0.25) is 0 Å². The fourth-order valence-electron chi connectivity index (χ4n) is 3.36. The first-order valence-electron chi connectivity index (χ1n) is 9.13. The van der Waals surface area contributed by atoms with Gasteiger partial charge in [0.05, 0.1) is 36.4 Å². The average Bonchev–Trinajstić information content (AvgIpc) is 3.11. The first-order valence-corrected chi connectivity index (χ1v) is 9.13. The Morgan fingerprint density at radius 1 is 1.48 bits per heavy atom. The molecule has 8 heteroatoms. The molecule has 0 spiro atoms. The summed E-state index contributed by atoms with van der Waals surface area (Å²) in [5, 5.41) is 4.37. The van der Waals surface area contributed by atoms with Gasteiger partial charge < -0.3 is 19.0 Å². The highest BCUT2D eigenvalue weighted by Gasteiger charge is 2.28. The van der Waals surface area contributed by atoms with E-state index in [4.69, 9.17) is 9.15 Å². The summed E-state index contributed by atoms with van der Waals surface area (Å²) < 4.78 is 11.8. The lowest BCUT2D eigenvalue weighted by Crippen LogP contribution is -2.43. The number of carbonyl (C=O) groups is 1. The summed E-state index contributed by atoms with van der Waals surface area (Å²) >= 11 is 0. The van der Waals surface area contributed by atoms with Gasteiger partial charge in [0.1, 0.15) is 5.76 Å². The summed E-state index contributed by atoms with van der Waals surface area (Å²) in [7, 11) is 3.54. The molecule has 27 heavy (non-hydrogen) atoms. The standard InChI is InChI=1S/C19H26N4O4/c1-14-17(6-9-27-14)19(25)22-7-4-5-15(13-22)23-18(24)11-16(12-20-23)21(2)8-10-26-3/h6,9,11-12,15H,4-5,7-8,10,13H2,1-3H3. The van der Waals surface area contributed by atoms with Crippen LogP contribution in [0.4, 0.5) is 5.69 Å². The Morgan fingerprint density at radius 3 is 2.96 bits per heavy atom. The molecule has 8 nitrogen and oxygen atoms in total. The molecule has 2 aromatic rings. The van der Waals surface area contributed by atoms with Gasteiger partial charge in [0.15, 0.2) is 0 Å². The number of amides is 1. The second kappa shape index (κ2) is 8.39. The molecule has 0 N–H and O–H groups in total. The number of hydrogen-bond acceptors (Lipinski definition) is 6. The number of ether oxygens (including phenoxy) is 1. The molecule has 0 radical (unpaired) electrons. The van der Waals surface area contributed by atoms with Gasteiger partial charge in [0.2, 0.25) is 0 Å². The van der Waals surface area contributed by atoms with E-state index in [0.717, 1.165) is 18.5 Å². The van der Waals surface area contributed by atoms with E-state index in [-0.39, 0.29) is 17.5 Å². The Bertz CT molecular complexity index is 844. The lowest BCUT2D eigenvalue weighted by Gasteiger charge is -2.33. The second-order valence-corrected chi connectivity index (χ2v) is 6.85. The number of likely N-dealkylation sites (N-methyl/N-ethyl adjacent to an activating group) is 1. The van der Waals surface area contributed by atoms with Crippen LogP contribution in [-0.4, -0.2) is 61.0 Å². The molecule has 1 fully saturated rings. The van der Waals surface area contributed by atoms with Gasteiger partial charge in [-0.1, -0.05) is 0 Å². The minimum absolute atomic E-state index is 0.0603. The summed E-state index contributed by atoms with van der Waals surface area (Å²) in [5.41, 5.74) is 1.17. The van der Waals surface area contributed by atoms with Gasteiger partial charge in [0.25, 0.3) is 11.5 Å². The summed E-state index contributed by atoms with van der Waals surface area (Å²) in [5.74, 6) is 0.552. The van der Waals surface area contributed by atoms with Crippen LogP contribution in [-0.2, 0) is 4.74 Å². The zero-order valence-electron chi connectivity index (χ0n) is 16.1. The fourth-order valence-corrected chi connectivity index (χ4v) is 3.36. The Morgan fingerprint density at radius 2 is 2.30 bits per heavy atom. The lowest BCUT2D eigenvalue weighted by atomic mass is 10.0. The molecular formula is C19H26N4O4. The molecule has 0 bridgehead atoms. The molecule has 1 aliphatic rings. The van der Waals surface area contributed by atoms with Crippen LogP contribution < -0.4 is 10.5 Å². The van der Waals surface area contributed by atoms with Crippen molar-refractivity contribution in [2.24, 2.45) is 0 Å². The zero-order valence-corrected chi connectivity index (χ0v) is 16.1. The SMILES string of the molecule is COCCN(C)c1cnn(C2CCCN(C(=O)c3ccoc3C)C2)c(=O)c1. The Kier molecular flexibility index (Phi) is 5.95. The molecule has 3 heterocycles. The van der Waals surface area contributed by atoms with Crippen molar-refractivity contribution in [2.45, 2.75) is 25.8 Å². The van der Waals surface area contributed by atoms with Gasteiger partial charge in [-0.3, -0.25) is 9.59 Å². The van der Waals surface area contributed by atoms with Crippen LogP contribution in [0.3, 0.4) is 0 Å². The molecule has 3 rings (SSSR count). The third-order valence-electron chi connectivity index (χ3n) is 5.00. The Labute approximate surface area is 158 Å². The Balaban J connectivity index is 1.73. The highest BCUT2D eigenvalue weighted by Crippen LogP contribution is 2.22. The van der Waals surface area contributed by atoms with Crippen molar-refractivity contribution in [3.05, 3.63) is 46.3 Å². The van der Waals surface area contributed by atoms with Crippen molar-refractivity contribution in [3.8, 4) is 0 Å². The Hall–Kier alpha value is -2.61. The van der Waals surface area contributed by atoms with Crippen LogP contribution in [0, 0.1) is 6.92 Å². The van der Waals surface area contributed by atoms with Gasteiger partial charge in [-0.2, -0.15) is 5.10 Å².